The fraction of sp³-hybridized carbons (Fsp3) is 0.522. The summed E-state index contributed by atoms with van der Waals surface area (Å²) < 4.78 is 21.9. The number of hydrogen-bond donors (Lipinski definition) is 1. The molecule has 4 atom stereocenters. The first-order valence-electron chi connectivity index (χ1n) is 10.5. The molecule has 2 aromatic rings. The van der Waals surface area contributed by atoms with Crippen LogP contribution in [-0.2, 0) is 20.7 Å². The number of piperidine rings is 1. The second-order valence-corrected chi connectivity index (χ2v) is 8.44. The summed E-state index contributed by atoms with van der Waals surface area (Å²) >= 11 is 0. The number of nitrogens with zero attached hydrogens (tertiary/aromatic N) is 1. The highest BCUT2D eigenvalue weighted by Gasteiger charge is 2.47. The van der Waals surface area contributed by atoms with Crippen LogP contribution in [0, 0.1) is 11.8 Å². The maximum Gasteiger partial charge on any atom is 0.337 e. The van der Waals surface area contributed by atoms with Gasteiger partial charge in [0.2, 0.25) is 0 Å². The van der Waals surface area contributed by atoms with Gasteiger partial charge in [-0.2, -0.15) is 0 Å². The van der Waals surface area contributed by atoms with Crippen molar-refractivity contribution in [1.29, 1.82) is 0 Å². The molecule has 0 spiro atoms. The first-order valence-corrected chi connectivity index (χ1v) is 10.5. The molecule has 1 aromatic heterocycles. The normalized spacial score (nSPS) is 27.9. The Morgan fingerprint density at radius 1 is 1.20 bits per heavy atom. The quantitative estimate of drug-likeness (QED) is 0.781. The third-order valence-electron chi connectivity index (χ3n) is 7.14. The molecule has 0 saturated carbocycles. The molecular weight excluding hydrogens is 384 g/mol. The molecule has 0 aliphatic carbocycles. The summed E-state index contributed by atoms with van der Waals surface area (Å²) in [5.41, 5.74) is 4.31. The van der Waals surface area contributed by atoms with Crippen molar-refractivity contribution in [1.82, 2.24) is 9.88 Å². The largest absolute Gasteiger partial charge is 0.497 e. The van der Waals surface area contributed by atoms with E-state index < -0.39 is 0 Å². The summed E-state index contributed by atoms with van der Waals surface area (Å²) in [4.78, 5) is 18.6. The van der Waals surface area contributed by atoms with Crippen LogP contribution in [0.5, 0.6) is 11.5 Å². The highest BCUT2D eigenvalue weighted by molar-refractivity contribution is 5.89. The van der Waals surface area contributed by atoms with E-state index in [0.29, 0.717) is 5.57 Å². The second-order valence-electron chi connectivity index (χ2n) is 8.44. The molecule has 7 heteroatoms. The Morgan fingerprint density at radius 2 is 1.97 bits per heavy atom. The first-order chi connectivity index (χ1) is 14.5. The average Bonchev–Trinajstić information content (AvgIpc) is 3.14. The maximum atomic E-state index is 12.4. The monoisotopic (exact) mass is 412 g/mol. The summed E-state index contributed by atoms with van der Waals surface area (Å²) in [5.74, 6) is 1.59. The van der Waals surface area contributed by atoms with E-state index in [1.54, 1.807) is 20.5 Å². The number of rotatable bonds is 3. The molecule has 1 aromatic carbocycles. The van der Waals surface area contributed by atoms with Crippen LogP contribution in [0.1, 0.15) is 30.6 Å². The Labute approximate surface area is 175 Å². The first kappa shape index (κ1) is 19.3. The van der Waals surface area contributed by atoms with Crippen LogP contribution in [0.15, 0.2) is 24.0 Å². The predicted octanol–water partition coefficient (Wildman–Crippen LogP) is 3.20. The lowest BCUT2D eigenvalue weighted by atomic mass is 9.72. The lowest BCUT2D eigenvalue weighted by Gasteiger charge is -2.49. The molecule has 1 N–H and O–H groups in total. The topological polar surface area (TPSA) is 73.0 Å². The Kier molecular flexibility index (Phi) is 4.65. The van der Waals surface area contributed by atoms with Crippen molar-refractivity contribution in [2.45, 2.75) is 31.9 Å². The third-order valence-corrected chi connectivity index (χ3v) is 7.14. The van der Waals surface area contributed by atoms with E-state index in [4.69, 9.17) is 18.9 Å². The molecule has 1 saturated heterocycles. The smallest absolute Gasteiger partial charge is 0.337 e. The summed E-state index contributed by atoms with van der Waals surface area (Å²) in [5, 5.41) is 1.19. The molecule has 5 rings (SSSR count). The van der Waals surface area contributed by atoms with Crippen molar-refractivity contribution in [3.8, 4) is 11.5 Å². The standard InChI is InChI=1S/C23H28N2O5/c1-12-16-10-25-6-5-13-15-8-20(27-2)21(28-3)9-18(15)24-22(13)19(25)7-14(16)17(11-30-12)23(26)29-4/h8-9,11-12,14,16,19,24H,5-7,10H2,1-4H3/t12-,14?,16+,19?/m0/s1. The van der Waals surface area contributed by atoms with Gasteiger partial charge >= 0.3 is 5.97 Å². The van der Waals surface area contributed by atoms with Crippen LogP contribution >= 0.6 is 0 Å². The predicted molar refractivity (Wildman–Crippen MR) is 112 cm³/mol. The fourth-order valence-electron chi connectivity index (χ4n) is 5.56. The average molecular weight is 412 g/mol. The molecule has 0 amide bonds. The van der Waals surface area contributed by atoms with Crippen LogP contribution in [0.4, 0.5) is 0 Å². The molecule has 1 fully saturated rings. The molecule has 0 bridgehead atoms. The lowest BCUT2D eigenvalue weighted by Crippen LogP contribution is -2.51. The summed E-state index contributed by atoms with van der Waals surface area (Å²) in [7, 11) is 4.75. The van der Waals surface area contributed by atoms with Crippen LogP contribution < -0.4 is 9.47 Å². The van der Waals surface area contributed by atoms with Gasteiger partial charge in [-0.05, 0) is 31.4 Å². The molecule has 30 heavy (non-hydrogen) atoms. The Bertz CT molecular complexity index is 1030. The molecular formula is C23H28N2O5. The number of H-pyrrole nitrogens is 1. The van der Waals surface area contributed by atoms with Gasteiger partial charge in [-0.15, -0.1) is 0 Å². The molecule has 4 heterocycles. The van der Waals surface area contributed by atoms with Crippen LogP contribution in [0.2, 0.25) is 0 Å². The second kappa shape index (κ2) is 7.23. The minimum Gasteiger partial charge on any atom is -0.497 e. The van der Waals surface area contributed by atoms with Crippen molar-refractivity contribution >= 4 is 16.9 Å². The molecule has 160 valence electrons. The summed E-state index contributed by atoms with van der Waals surface area (Å²) in [6.07, 6.45) is 3.56. The Balaban J connectivity index is 1.56. The van der Waals surface area contributed by atoms with Crippen LogP contribution in [0.25, 0.3) is 10.9 Å². The minimum atomic E-state index is -0.285. The van der Waals surface area contributed by atoms with Crippen molar-refractivity contribution in [2.75, 3.05) is 34.4 Å². The number of benzene rings is 1. The number of methoxy groups -OCH3 is 3. The number of fused-ring (bicyclic) bond motifs is 6. The lowest BCUT2D eigenvalue weighted by molar-refractivity contribution is -0.139. The Morgan fingerprint density at radius 3 is 2.70 bits per heavy atom. The molecule has 7 nitrogen and oxygen atoms in total. The third kappa shape index (κ3) is 2.79. The minimum absolute atomic E-state index is 0.0852. The van der Waals surface area contributed by atoms with Gasteiger partial charge < -0.3 is 23.9 Å². The number of aromatic nitrogens is 1. The van der Waals surface area contributed by atoms with E-state index in [0.717, 1.165) is 42.9 Å². The van der Waals surface area contributed by atoms with E-state index in [-0.39, 0.29) is 30.0 Å². The highest BCUT2D eigenvalue weighted by atomic mass is 16.5. The molecule has 3 aliphatic heterocycles. The van der Waals surface area contributed by atoms with Gasteiger partial charge in [0.1, 0.15) is 0 Å². The van der Waals surface area contributed by atoms with Crippen LogP contribution in [-0.4, -0.2) is 56.4 Å². The molecule has 3 aliphatic rings. The van der Waals surface area contributed by atoms with Gasteiger partial charge in [0.05, 0.1) is 45.3 Å². The van der Waals surface area contributed by atoms with Crippen molar-refractivity contribution in [3.63, 3.8) is 0 Å². The SMILES string of the molecule is COC(=O)C1=CO[C@@H](C)[C@H]2CN3CCc4c([nH]c5cc(OC)c(OC)cc45)C3CC12. The zero-order chi connectivity index (χ0) is 21.0. The van der Waals surface area contributed by atoms with Gasteiger partial charge in [-0.25, -0.2) is 4.79 Å². The maximum absolute atomic E-state index is 12.4. The van der Waals surface area contributed by atoms with Crippen molar-refractivity contribution < 1.29 is 23.7 Å². The summed E-state index contributed by atoms with van der Waals surface area (Å²) in [6.45, 7) is 4.00. The van der Waals surface area contributed by atoms with E-state index in [9.17, 15) is 4.79 Å². The number of carbonyl (C=O) groups excluding carboxylic acids is 1. The van der Waals surface area contributed by atoms with Gasteiger partial charge in [0, 0.05) is 47.6 Å². The highest BCUT2D eigenvalue weighted by Crippen LogP contribution is 2.48. The molecule has 2 unspecified atom stereocenters. The van der Waals surface area contributed by atoms with Crippen molar-refractivity contribution in [3.05, 3.63) is 35.2 Å². The summed E-state index contributed by atoms with van der Waals surface area (Å²) in [6, 6.07) is 4.32. The number of esters is 1. The number of ether oxygens (including phenoxy) is 4. The number of hydrogen-bond acceptors (Lipinski definition) is 6. The van der Waals surface area contributed by atoms with E-state index in [1.807, 2.05) is 6.07 Å². The van der Waals surface area contributed by atoms with Crippen molar-refractivity contribution in [2.24, 2.45) is 11.8 Å². The number of aromatic amines is 1. The van der Waals surface area contributed by atoms with Gasteiger partial charge in [0.15, 0.2) is 11.5 Å². The molecule has 0 radical (unpaired) electrons. The fourth-order valence-corrected chi connectivity index (χ4v) is 5.56. The van der Waals surface area contributed by atoms with E-state index in [2.05, 4.69) is 22.9 Å². The number of nitrogens with one attached hydrogen (secondary N) is 1. The zero-order valence-electron chi connectivity index (χ0n) is 17.9. The van der Waals surface area contributed by atoms with Crippen LogP contribution in [0.3, 0.4) is 0 Å². The van der Waals surface area contributed by atoms with E-state index in [1.165, 1.54) is 23.8 Å². The van der Waals surface area contributed by atoms with Gasteiger partial charge in [-0.3, -0.25) is 4.90 Å². The number of carbonyl (C=O) groups is 1. The van der Waals surface area contributed by atoms with E-state index >= 15 is 0 Å². The van der Waals surface area contributed by atoms with Gasteiger partial charge in [-0.1, -0.05) is 0 Å². The van der Waals surface area contributed by atoms with Gasteiger partial charge in [0.25, 0.3) is 0 Å². The Hall–Kier alpha value is -2.67. The zero-order valence-corrected chi connectivity index (χ0v) is 17.9.